The van der Waals surface area contributed by atoms with E-state index in [1.165, 1.54) is 0 Å². The third-order valence-corrected chi connectivity index (χ3v) is 3.98. The van der Waals surface area contributed by atoms with Gasteiger partial charge in [0.25, 0.3) is 5.56 Å². The van der Waals surface area contributed by atoms with E-state index in [0.717, 1.165) is 41.7 Å². The van der Waals surface area contributed by atoms with Crippen molar-refractivity contribution in [3.63, 3.8) is 0 Å². The molecular weight excluding hydrogens is 288 g/mol. The standard InChI is InChI=1S/C19H20N2O2/c1-2-3-8-18-20-16-10-9-13(12-15(16)19(23)21-18)11-14-6-4-5-7-17(14)22/h4-7,9-10,12,22H,2-3,8,11H2,1H3,(H,20,21,23). The maximum atomic E-state index is 12.3. The summed E-state index contributed by atoms with van der Waals surface area (Å²) >= 11 is 0. The van der Waals surface area contributed by atoms with Crippen molar-refractivity contribution in [2.24, 2.45) is 0 Å². The summed E-state index contributed by atoms with van der Waals surface area (Å²) in [5.74, 6) is 1.02. The van der Waals surface area contributed by atoms with Crippen LogP contribution in [0.3, 0.4) is 0 Å². The number of aromatic hydroxyl groups is 1. The van der Waals surface area contributed by atoms with Crippen LogP contribution in [0.25, 0.3) is 10.9 Å². The molecule has 2 aromatic carbocycles. The number of nitrogens with one attached hydrogen (secondary N) is 1. The van der Waals surface area contributed by atoms with Crippen molar-refractivity contribution in [3.8, 4) is 5.75 Å². The van der Waals surface area contributed by atoms with Crippen LogP contribution in [0.15, 0.2) is 47.3 Å². The van der Waals surface area contributed by atoms with Crippen LogP contribution in [0, 0.1) is 0 Å². The first kappa shape index (κ1) is 15.3. The molecule has 0 aliphatic rings. The zero-order valence-electron chi connectivity index (χ0n) is 13.2. The van der Waals surface area contributed by atoms with Crippen molar-refractivity contribution in [2.45, 2.75) is 32.6 Å². The van der Waals surface area contributed by atoms with Gasteiger partial charge in [0.05, 0.1) is 10.9 Å². The molecule has 1 heterocycles. The lowest BCUT2D eigenvalue weighted by atomic mass is 10.0. The number of phenols is 1. The molecule has 0 aliphatic heterocycles. The van der Waals surface area contributed by atoms with E-state index in [-0.39, 0.29) is 11.3 Å². The summed E-state index contributed by atoms with van der Waals surface area (Å²) in [6.45, 7) is 2.12. The summed E-state index contributed by atoms with van der Waals surface area (Å²) in [6.07, 6.45) is 3.46. The molecule has 0 spiro atoms. The molecule has 4 nitrogen and oxygen atoms in total. The van der Waals surface area contributed by atoms with Crippen LogP contribution >= 0.6 is 0 Å². The summed E-state index contributed by atoms with van der Waals surface area (Å²) in [7, 11) is 0. The molecule has 0 atom stereocenters. The van der Waals surface area contributed by atoms with Crippen molar-refractivity contribution in [2.75, 3.05) is 0 Å². The lowest BCUT2D eigenvalue weighted by molar-refractivity contribution is 0.469. The van der Waals surface area contributed by atoms with Crippen LogP contribution in [-0.2, 0) is 12.8 Å². The fraction of sp³-hybridized carbons (Fsp3) is 0.263. The number of phenolic OH excluding ortho intramolecular Hbond substituents is 1. The van der Waals surface area contributed by atoms with Crippen molar-refractivity contribution >= 4 is 10.9 Å². The van der Waals surface area contributed by atoms with Crippen LogP contribution in [-0.4, -0.2) is 15.1 Å². The van der Waals surface area contributed by atoms with Crippen molar-refractivity contribution < 1.29 is 5.11 Å². The second-order valence-corrected chi connectivity index (χ2v) is 5.78. The minimum atomic E-state index is -0.191. The molecule has 0 saturated carbocycles. The van der Waals surface area contributed by atoms with Crippen LogP contribution < -0.4 is 5.56 Å². The van der Waals surface area contributed by atoms with Gasteiger partial charge in [-0.25, -0.2) is 0 Å². The lowest BCUT2D eigenvalue weighted by Gasteiger charge is -2.07. The molecule has 3 rings (SSSR count). The number of aryl methyl sites for hydroxylation is 1. The number of aromatic nitrogens is 2. The fourth-order valence-corrected chi connectivity index (χ4v) is 2.70. The zero-order valence-corrected chi connectivity index (χ0v) is 13.2. The van der Waals surface area contributed by atoms with Gasteiger partial charge in [0, 0.05) is 12.8 Å². The number of aromatic amines is 1. The molecule has 0 radical (unpaired) electrons. The highest BCUT2D eigenvalue weighted by Gasteiger charge is 2.07. The minimum Gasteiger partial charge on any atom is -0.508 e. The number of hydrogen-bond acceptors (Lipinski definition) is 3. The number of hydrogen-bond donors (Lipinski definition) is 2. The van der Waals surface area contributed by atoms with Crippen molar-refractivity contribution in [1.82, 2.24) is 9.97 Å². The maximum absolute atomic E-state index is 12.3. The summed E-state index contributed by atoms with van der Waals surface area (Å²) < 4.78 is 0. The molecule has 0 fully saturated rings. The van der Waals surface area contributed by atoms with Crippen molar-refractivity contribution in [3.05, 3.63) is 69.8 Å². The largest absolute Gasteiger partial charge is 0.508 e. The molecule has 0 aliphatic carbocycles. The van der Waals surface area contributed by atoms with E-state index in [4.69, 9.17) is 0 Å². The highest BCUT2D eigenvalue weighted by atomic mass is 16.3. The van der Waals surface area contributed by atoms with Gasteiger partial charge in [0.1, 0.15) is 11.6 Å². The molecular formula is C19H20N2O2. The number of H-pyrrole nitrogens is 1. The van der Waals surface area contributed by atoms with Gasteiger partial charge in [-0.15, -0.1) is 0 Å². The van der Waals surface area contributed by atoms with Crippen LogP contribution in [0.4, 0.5) is 0 Å². The number of para-hydroxylation sites is 1. The van der Waals surface area contributed by atoms with Gasteiger partial charge in [0.15, 0.2) is 0 Å². The molecule has 118 valence electrons. The van der Waals surface area contributed by atoms with Crippen LogP contribution in [0.5, 0.6) is 5.75 Å². The topological polar surface area (TPSA) is 66.0 Å². The molecule has 3 aromatic rings. The predicted octanol–water partition coefficient (Wildman–Crippen LogP) is 3.56. The smallest absolute Gasteiger partial charge is 0.280 e. The third-order valence-electron chi connectivity index (χ3n) is 3.98. The Bertz CT molecular complexity index is 884. The van der Waals surface area contributed by atoms with E-state index in [9.17, 15) is 9.90 Å². The highest BCUT2D eigenvalue weighted by molar-refractivity contribution is 5.78. The molecule has 0 saturated heterocycles. The van der Waals surface area contributed by atoms with Crippen LogP contribution in [0.2, 0.25) is 0 Å². The van der Waals surface area contributed by atoms with Gasteiger partial charge >= 0.3 is 0 Å². The molecule has 0 unspecified atom stereocenters. The Balaban J connectivity index is 1.94. The van der Waals surface area contributed by atoms with Gasteiger partial charge in [-0.05, 0) is 35.7 Å². The molecule has 23 heavy (non-hydrogen) atoms. The number of fused-ring (bicyclic) bond motifs is 1. The first-order valence-electron chi connectivity index (χ1n) is 7.96. The summed E-state index contributed by atoms with van der Waals surface area (Å²) in [6, 6.07) is 13.0. The monoisotopic (exact) mass is 308 g/mol. The summed E-state index contributed by atoms with van der Waals surface area (Å²) in [4.78, 5) is 19.6. The minimum absolute atomic E-state index is 0.191. The number of benzene rings is 2. The fourth-order valence-electron chi connectivity index (χ4n) is 2.70. The van der Waals surface area contributed by atoms with E-state index in [0.29, 0.717) is 11.8 Å². The van der Waals surface area contributed by atoms with E-state index in [2.05, 4.69) is 16.9 Å². The Morgan fingerprint density at radius 2 is 2.00 bits per heavy atom. The average Bonchev–Trinajstić information content (AvgIpc) is 2.55. The van der Waals surface area contributed by atoms with E-state index in [1.54, 1.807) is 12.1 Å². The normalized spacial score (nSPS) is 11.0. The number of rotatable bonds is 5. The highest BCUT2D eigenvalue weighted by Crippen LogP contribution is 2.21. The predicted molar refractivity (Wildman–Crippen MR) is 91.9 cm³/mol. The van der Waals surface area contributed by atoms with E-state index in [1.807, 2.05) is 30.3 Å². The Labute approximate surface area is 134 Å². The van der Waals surface area contributed by atoms with Crippen molar-refractivity contribution in [1.29, 1.82) is 0 Å². The van der Waals surface area contributed by atoms with Crippen LogP contribution in [0.1, 0.15) is 36.7 Å². The van der Waals surface area contributed by atoms with Gasteiger partial charge in [0.2, 0.25) is 0 Å². The average molecular weight is 308 g/mol. The second kappa shape index (κ2) is 6.65. The summed E-state index contributed by atoms with van der Waals surface area (Å²) in [5.41, 5.74) is 2.45. The first-order chi connectivity index (χ1) is 11.2. The third kappa shape index (κ3) is 3.42. The Kier molecular flexibility index (Phi) is 4.42. The molecule has 0 amide bonds. The van der Waals surface area contributed by atoms with Gasteiger partial charge < -0.3 is 10.1 Å². The number of unbranched alkanes of at least 4 members (excludes halogenated alkanes) is 1. The van der Waals surface area contributed by atoms with Gasteiger partial charge in [-0.2, -0.15) is 4.98 Å². The lowest BCUT2D eigenvalue weighted by Crippen LogP contribution is -2.12. The molecule has 0 bridgehead atoms. The maximum Gasteiger partial charge on any atom is 0.280 e. The first-order valence-corrected chi connectivity index (χ1v) is 7.96. The quantitative estimate of drug-likeness (QED) is 0.757. The molecule has 2 N–H and O–H groups in total. The number of nitrogens with zero attached hydrogens (tertiary/aromatic N) is 1. The van der Waals surface area contributed by atoms with Gasteiger partial charge in [-0.3, -0.25) is 4.79 Å². The SMILES string of the molecule is CCCCc1nc(=O)c2cc(Cc3ccccc3O)ccc2[nH]1. The zero-order chi connectivity index (χ0) is 16.2. The summed E-state index contributed by atoms with van der Waals surface area (Å²) in [5, 5.41) is 10.5. The second-order valence-electron chi connectivity index (χ2n) is 5.78. The Morgan fingerprint density at radius 3 is 2.78 bits per heavy atom. The Morgan fingerprint density at radius 1 is 1.17 bits per heavy atom. The molecule has 1 aromatic heterocycles. The van der Waals surface area contributed by atoms with Gasteiger partial charge in [-0.1, -0.05) is 37.6 Å². The van der Waals surface area contributed by atoms with E-state index >= 15 is 0 Å². The molecule has 4 heteroatoms. The Hall–Kier alpha value is -2.62. The van der Waals surface area contributed by atoms with E-state index < -0.39 is 0 Å².